The van der Waals surface area contributed by atoms with Crippen LogP contribution in [0.5, 0.6) is 0 Å². The van der Waals surface area contributed by atoms with E-state index in [2.05, 4.69) is 16.3 Å². The third-order valence-corrected chi connectivity index (χ3v) is 2.85. The topological polar surface area (TPSA) is 80.5 Å². The van der Waals surface area contributed by atoms with E-state index >= 15 is 0 Å². The zero-order valence-electron chi connectivity index (χ0n) is 9.14. The lowest BCUT2D eigenvalue weighted by molar-refractivity contribution is 0.526. The molecule has 5 nitrogen and oxygen atoms in total. The molecule has 1 heterocycles. The van der Waals surface area contributed by atoms with E-state index in [4.69, 9.17) is 11.0 Å². The molecule has 1 aromatic rings. The molecule has 0 aromatic carbocycles. The van der Waals surface area contributed by atoms with Crippen LogP contribution in [-0.2, 0) is 6.54 Å². The zero-order valence-corrected chi connectivity index (χ0v) is 9.95. The molecule has 0 aliphatic carbocycles. The Hall–Kier alpha value is -1.06. The summed E-state index contributed by atoms with van der Waals surface area (Å²) in [6.45, 7) is 6.30. The number of aromatic nitrogens is 3. The monoisotopic (exact) mass is 225 g/mol. The molecule has 1 aromatic heterocycles. The molecule has 6 heteroatoms. The Bertz CT molecular complexity index is 365. The molecule has 1 rings (SSSR count). The van der Waals surface area contributed by atoms with Gasteiger partial charge in [-0.05, 0) is 20.8 Å². The summed E-state index contributed by atoms with van der Waals surface area (Å²) in [5, 5.41) is 17.4. The first kappa shape index (κ1) is 12.0. The average molecular weight is 225 g/mol. The maximum absolute atomic E-state index is 8.74. The molecule has 0 bridgehead atoms. The summed E-state index contributed by atoms with van der Waals surface area (Å²) >= 11 is 1.41. The fourth-order valence-electron chi connectivity index (χ4n) is 1.23. The van der Waals surface area contributed by atoms with Crippen LogP contribution < -0.4 is 5.73 Å². The van der Waals surface area contributed by atoms with Crippen LogP contribution in [0.2, 0.25) is 0 Å². The van der Waals surface area contributed by atoms with E-state index in [-0.39, 0.29) is 11.3 Å². The predicted molar refractivity (Wildman–Crippen MR) is 59.2 cm³/mol. The van der Waals surface area contributed by atoms with Crippen molar-refractivity contribution in [3.63, 3.8) is 0 Å². The number of nitrogens with two attached hydrogens (primary N) is 1. The summed E-state index contributed by atoms with van der Waals surface area (Å²) in [5.41, 5.74) is 5.57. The summed E-state index contributed by atoms with van der Waals surface area (Å²) in [5.74, 6) is 0.762. The summed E-state index contributed by atoms with van der Waals surface area (Å²) in [6, 6.07) is 2.41. The van der Waals surface area contributed by atoms with Crippen LogP contribution in [0.15, 0.2) is 5.16 Å². The quantitative estimate of drug-likeness (QED) is 0.782. The molecule has 0 aliphatic rings. The molecule has 0 saturated carbocycles. The highest BCUT2D eigenvalue weighted by Crippen LogP contribution is 2.24. The van der Waals surface area contributed by atoms with Crippen LogP contribution in [0.1, 0.15) is 32.6 Å². The predicted octanol–water partition coefficient (Wildman–Crippen LogP) is 1.32. The second kappa shape index (κ2) is 5.14. The first-order valence-electron chi connectivity index (χ1n) is 4.80. The number of hydrogen-bond acceptors (Lipinski definition) is 5. The zero-order chi connectivity index (χ0) is 11.4. The minimum Gasteiger partial charge on any atom is -0.324 e. The lowest BCUT2D eigenvalue weighted by Crippen LogP contribution is -2.12. The summed E-state index contributed by atoms with van der Waals surface area (Å²) in [4.78, 5) is 0. The molecule has 82 valence electrons. The van der Waals surface area contributed by atoms with Gasteiger partial charge in [0.15, 0.2) is 5.16 Å². The normalized spacial score (nSPS) is 12.8. The smallest absolute Gasteiger partial charge is 0.192 e. The van der Waals surface area contributed by atoms with Gasteiger partial charge in [0.25, 0.3) is 0 Å². The lowest BCUT2D eigenvalue weighted by atomic mass is 10.4. The Balaban J connectivity index is 2.98. The minimum absolute atomic E-state index is 0.127. The maximum Gasteiger partial charge on any atom is 0.192 e. The third kappa shape index (κ3) is 2.70. The second-order valence-electron chi connectivity index (χ2n) is 3.46. The van der Waals surface area contributed by atoms with Crippen LogP contribution in [0, 0.1) is 11.3 Å². The number of nitriles is 1. The van der Waals surface area contributed by atoms with E-state index in [0.29, 0.717) is 6.54 Å². The highest BCUT2D eigenvalue weighted by atomic mass is 32.2. The fraction of sp³-hybridized carbons (Fsp3) is 0.667. The van der Waals surface area contributed by atoms with Gasteiger partial charge in [-0.1, -0.05) is 11.8 Å². The minimum atomic E-state index is -0.127. The van der Waals surface area contributed by atoms with Crippen molar-refractivity contribution < 1.29 is 0 Å². The van der Waals surface area contributed by atoms with Gasteiger partial charge in [0.05, 0.1) is 17.9 Å². The van der Waals surface area contributed by atoms with Gasteiger partial charge in [-0.3, -0.25) is 0 Å². The highest BCUT2D eigenvalue weighted by Gasteiger charge is 2.16. The summed E-state index contributed by atoms with van der Waals surface area (Å²) in [7, 11) is 0. The Morgan fingerprint density at radius 2 is 2.13 bits per heavy atom. The fourth-order valence-corrected chi connectivity index (χ4v) is 2.12. The second-order valence-corrected chi connectivity index (χ2v) is 4.76. The van der Waals surface area contributed by atoms with E-state index < -0.39 is 0 Å². The van der Waals surface area contributed by atoms with Gasteiger partial charge in [0, 0.05) is 6.04 Å². The van der Waals surface area contributed by atoms with Crippen molar-refractivity contribution in [2.45, 2.75) is 43.8 Å². The molecule has 1 atom stereocenters. The van der Waals surface area contributed by atoms with Crippen molar-refractivity contribution in [2.24, 2.45) is 5.73 Å². The third-order valence-electron chi connectivity index (χ3n) is 1.90. The van der Waals surface area contributed by atoms with Gasteiger partial charge in [0.1, 0.15) is 5.82 Å². The number of hydrogen-bond donors (Lipinski definition) is 1. The summed E-state index contributed by atoms with van der Waals surface area (Å²) in [6.07, 6.45) is 0. The Morgan fingerprint density at radius 3 is 2.60 bits per heavy atom. The van der Waals surface area contributed by atoms with Crippen LogP contribution in [-0.4, -0.2) is 20.0 Å². The van der Waals surface area contributed by atoms with Crippen LogP contribution in [0.25, 0.3) is 0 Å². The van der Waals surface area contributed by atoms with Crippen molar-refractivity contribution >= 4 is 11.8 Å². The molecule has 0 saturated heterocycles. The Morgan fingerprint density at radius 1 is 1.47 bits per heavy atom. The number of rotatable bonds is 4. The van der Waals surface area contributed by atoms with E-state index in [9.17, 15) is 0 Å². The molecule has 2 N–H and O–H groups in total. The van der Waals surface area contributed by atoms with Crippen molar-refractivity contribution in [2.75, 3.05) is 0 Å². The van der Waals surface area contributed by atoms with Crippen LogP contribution >= 0.6 is 11.8 Å². The highest BCUT2D eigenvalue weighted by molar-refractivity contribution is 8.00. The van der Waals surface area contributed by atoms with Crippen LogP contribution in [0.3, 0.4) is 0 Å². The van der Waals surface area contributed by atoms with Crippen molar-refractivity contribution in [3.8, 4) is 6.07 Å². The van der Waals surface area contributed by atoms with Gasteiger partial charge in [0.2, 0.25) is 0 Å². The standard InChI is InChI=1S/C9H15N5S/c1-6(2)14-8(5-11)12-13-9(14)15-7(3)4-10/h6-7H,5,11H2,1-3H3. The lowest BCUT2D eigenvalue weighted by Gasteiger charge is -2.12. The molecular formula is C9H15N5S. The molecular weight excluding hydrogens is 210 g/mol. The number of thioether (sulfide) groups is 1. The van der Waals surface area contributed by atoms with E-state index in [1.54, 1.807) is 0 Å². The Labute approximate surface area is 93.7 Å². The molecule has 0 aliphatic heterocycles. The van der Waals surface area contributed by atoms with E-state index in [0.717, 1.165) is 11.0 Å². The molecule has 0 amide bonds. The molecule has 1 unspecified atom stereocenters. The summed E-state index contributed by atoms with van der Waals surface area (Å²) < 4.78 is 1.97. The van der Waals surface area contributed by atoms with Gasteiger partial charge >= 0.3 is 0 Å². The first-order chi connectivity index (χ1) is 7.10. The molecule has 15 heavy (non-hydrogen) atoms. The number of nitrogens with zero attached hydrogens (tertiary/aromatic N) is 4. The van der Waals surface area contributed by atoms with Crippen LogP contribution in [0.4, 0.5) is 0 Å². The largest absolute Gasteiger partial charge is 0.324 e. The average Bonchev–Trinajstić information content (AvgIpc) is 2.60. The van der Waals surface area contributed by atoms with Crippen molar-refractivity contribution in [1.29, 1.82) is 5.26 Å². The Kier molecular flexibility index (Phi) is 4.12. The van der Waals surface area contributed by atoms with E-state index in [1.165, 1.54) is 11.8 Å². The van der Waals surface area contributed by atoms with Gasteiger partial charge < -0.3 is 10.3 Å². The van der Waals surface area contributed by atoms with E-state index in [1.807, 2.05) is 25.3 Å². The molecule has 0 radical (unpaired) electrons. The van der Waals surface area contributed by atoms with Gasteiger partial charge in [-0.25, -0.2) is 0 Å². The van der Waals surface area contributed by atoms with Crippen molar-refractivity contribution in [3.05, 3.63) is 5.82 Å². The first-order valence-corrected chi connectivity index (χ1v) is 5.68. The van der Waals surface area contributed by atoms with Gasteiger partial charge in [-0.15, -0.1) is 10.2 Å². The van der Waals surface area contributed by atoms with Crippen molar-refractivity contribution in [1.82, 2.24) is 14.8 Å². The van der Waals surface area contributed by atoms with Gasteiger partial charge in [-0.2, -0.15) is 5.26 Å². The maximum atomic E-state index is 8.74. The molecule has 0 spiro atoms. The molecule has 0 fully saturated rings. The SMILES string of the molecule is CC(C#N)Sc1nnc(CN)n1C(C)C.